The monoisotopic (exact) mass is 216 g/mol. The predicted molar refractivity (Wildman–Crippen MR) is 67.0 cm³/mol. The summed E-state index contributed by atoms with van der Waals surface area (Å²) in [5, 5.41) is 0. The number of unbranched alkanes of at least 4 members (excludes halogenated alkanes) is 7. The van der Waals surface area contributed by atoms with Gasteiger partial charge in [-0.3, -0.25) is 0 Å². The van der Waals surface area contributed by atoms with E-state index in [1.807, 2.05) is 13.8 Å². The molecular weight excluding hydrogens is 187 g/mol. The van der Waals surface area contributed by atoms with Gasteiger partial charge in [-0.2, -0.15) is 0 Å². The molecule has 0 aromatic heterocycles. The van der Waals surface area contributed by atoms with Gasteiger partial charge >= 0.3 is 0 Å². The van der Waals surface area contributed by atoms with Crippen molar-refractivity contribution in [1.82, 2.24) is 0 Å². The normalized spacial score (nSPS) is 13.4. The molecule has 1 unspecified atom stereocenters. The van der Waals surface area contributed by atoms with Crippen LogP contribution in [0.15, 0.2) is 0 Å². The van der Waals surface area contributed by atoms with Crippen LogP contribution in [-0.4, -0.2) is 6.17 Å². The van der Waals surface area contributed by atoms with Crippen LogP contribution in [-0.2, 0) is 0 Å². The van der Waals surface area contributed by atoms with Crippen LogP contribution in [0, 0.1) is 5.92 Å². The highest BCUT2D eigenvalue weighted by Gasteiger charge is 2.09. The Kier molecular flexibility index (Phi) is 10.4. The second kappa shape index (κ2) is 10.4. The molecule has 0 spiro atoms. The molecule has 0 aliphatic rings. The van der Waals surface area contributed by atoms with Gasteiger partial charge in [0.15, 0.2) is 0 Å². The second-order valence-corrected chi connectivity index (χ2v) is 5.02. The lowest BCUT2D eigenvalue weighted by Gasteiger charge is -2.10. The third-order valence-corrected chi connectivity index (χ3v) is 3.06. The first-order valence-electron chi connectivity index (χ1n) is 6.82. The van der Waals surface area contributed by atoms with Crippen molar-refractivity contribution < 1.29 is 4.39 Å². The van der Waals surface area contributed by atoms with Crippen molar-refractivity contribution in [2.75, 3.05) is 0 Å². The van der Waals surface area contributed by atoms with E-state index in [2.05, 4.69) is 6.92 Å². The van der Waals surface area contributed by atoms with Crippen molar-refractivity contribution in [3.63, 3.8) is 0 Å². The Balaban J connectivity index is 3.05. The maximum Gasteiger partial charge on any atom is 0.102 e. The van der Waals surface area contributed by atoms with Crippen LogP contribution in [0.1, 0.15) is 78.6 Å². The largest absolute Gasteiger partial charge is 0.247 e. The summed E-state index contributed by atoms with van der Waals surface area (Å²) >= 11 is 0. The Morgan fingerprint density at radius 2 is 1.27 bits per heavy atom. The maximum atomic E-state index is 13.2. The van der Waals surface area contributed by atoms with E-state index in [1.54, 1.807) is 0 Å². The molecule has 0 aliphatic heterocycles. The number of alkyl halides is 1. The highest BCUT2D eigenvalue weighted by molar-refractivity contribution is 4.60. The summed E-state index contributed by atoms with van der Waals surface area (Å²) in [4.78, 5) is 0. The van der Waals surface area contributed by atoms with E-state index in [0.717, 1.165) is 12.8 Å². The molecule has 0 amide bonds. The highest BCUT2D eigenvalue weighted by atomic mass is 19.1. The molecule has 0 N–H and O–H groups in total. The summed E-state index contributed by atoms with van der Waals surface area (Å²) in [5.41, 5.74) is 0. The Morgan fingerprint density at radius 3 is 1.73 bits per heavy atom. The summed E-state index contributed by atoms with van der Waals surface area (Å²) in [7, 11) is 0. The molecule has 0 saturated heterocycles. The smallest absolute Gasteiger partial charge is 0.102 e. The van der Waals surface area contributed by atoms with Gasteiger partial charge in [0, 0.05) is 0 Å². The van der Waals surface area contributed by atoms with Crippen LogP contribution < -0.4 is 0 Å². The number of hydrogen-bond donors (Lipinski definition) is 0. The average Bonchev–Trinajstić information content (AvgIpc) is 2.21. The summed E-state index contributed by atoms with van der Waals surface area (Å²) in [5.74, 6) is 0.203. The molecule has 0 saturated carbocycles. The highest BCUT2D eigenvalue weighted by Crippen LogP contribution is 2.16. The van der Waals surface area contributed by atoms with Crippen molar-refractivity contribution in [2.24, 2.45) is 5.92 Å². The lowest BCUT2D eigenvalue weighted by Crippen LogP contribution is -2.08. The van der Waals surface area contributed by atoms with Crippen molar-refractivity contribution in [2.45, 2.75) is 84.7 Å². The van der Waals surface area contributed by atoms with Gasteiger partial charge in [-0.15, -0.1) is 0 Å². The van der Waals surface area contributed by atoms with Gasteiger partial charge in [-0.25, -0.2) is 4.39 Å². The zero-order chi connectivity index (χ0) is 11.5. The summed E-state index contributed by atoms with van der Waals surface area (Å²) in [6, 6.07) is 0. The molecule has 92 valence electrons. The Bertz CT molecular complexity index is 121. The predicted octanol–water partition coefficient (Wildman–Crippen LogP) is 5.51. The number of rotatable bonds is 10. The van der Waals surface area contributed by atoms with Crippen LogP contribution >= 0.6 is 0 Å². The van der Waals surface area contributed by atoms with E-state index >= 15 is 0 Å². The van der Waals surface area contributed by atoms with Gasteiger partial charge in [0.05, 0.1) is 0 Å². The minimum Gasteiger partial charge on any atom is -0.247 e. The van der Waals surface area contributed by atoms with E-state index in [9.17, 15) is 4.39 Å². The molecule has 0 aromatic rings. The Labute approximate surface area is 95.6 Å². The molecule has 15 heavy (non-hydrogen) atoms. The SMILES string of the molecule is CCCCCCCCCCC(F)C(C)C. The fraction of sp³-hybridized carbons (Fsp3) is 1.00. The maximum absolute atomic E-state index is 13.2. The standard InChI is InChI=1S/C14H29F/c1-4-5-6-7-8-9-10-11-12-14(15)13(2)3/h13-14H,4-12H2,1-3H3. The Morgan fingerprint density at radius 1 is 0.800 bits per heavy atom. The topological polar surface area (TPSA) is 0 Å². The van der Waals surface area contributed by atoms with Crippen LogP contribution in [0.3, 0.4) is 0 Å². The van der Waals surface area contributed by atoms with Gasteiger partial charge < -0.3 is 0 Å². The molecule has 0 fully saturated rings. The molecular formula is C14H29F. The van der Waals surface area contributed by atoms with Crippen LogP contribution in [0.4, 0.5) is 4.39 Å². The third kappa shape index (κ3) is 10.2. The number of halogens is 1. The molecule has 0 aliphatic carbocycles. The van der Waals surface area contributed by atoms with Crippen molar-refractivity contribution in [3.8, 4) is 0 Å². The van der Waals surface area contributed by atoms with Gasteiger partial charge in [-0.05, 0) is 12.3 Å². The quantitative estimate of drug-likeness (QED) is 0.422. The van der Waals surface area contributed by atoms with E-state index in [4.69, 9.17) is 0 Å². The van der Waals surface area contributed by atoms with Gasteiger partial charge in [-0.1, -0.05) is 72.1 Å². The van der Waals surface area contributed by atoms with Crippen LogP contribution in [0.5, 0.6) is 0 Å². The fourth-order valence-corrected chi connectivity index (χ4v) is 1.81. The minimum atomic E-state index is -0.579. The van der Waals surface area contributed by atoms with Crippen molar-refractivity contribution in [3.05, 3.63) is 0 Å². The van der Waals surface area contributed by atoms with Gasteiger partial charge in [0.1, 0.15) is 6.17 Å². The van der Waals surface area contributed by atoms with E-state index in [0.29, 0.717) is 0 Å². The zero-order valence-corrected chi connectivity index (χ0v) is 10.9. The van der Waals surface area contributed by atoms with Crippen molar-refractivity contribution >= 4 is 0 Å². The summed E-state index contributed by atoms with van der Waals surface area (Å²) in [6.07, 6.45) is 10.6. The summed E-state index contributed by atoms with van der Waals surface area (Å²) in [6.45, 7) is 6.18. The molecule has 0 radical (unpaired) electrons. The van der Waals surface area contributed by atoms with E-state index < -0.39 is 6.17 Å². The number of hydrogen-bond acceptors (Lipinski definition) is 0. The van der Waals surface area contributed by atoms with Crippen molar-refractivity contribution in [1.29, 1.82) is 0 Å². The molecule has 0 aromatic carbocycles. The second-order valence-electron chi connectivity index (χ2n) is 5.02. The van der Waals surface area contributed by atoms with E-state index in [1.165, 1.54) is 44.9 Å². The first-order valence-corrected chi connectivity index (χ1v) is 6.82. The molecule has 1 heteroatoms. The first kappa shape index (κ1) is 14.9. The Hall–Kier alpha value is -0.0700. The van der Waals surface area contributed by atoms with Crippen LogP contribution in [0.25, 0.3) is 0 Å². The molecule has 1 atom stereocenters. The average molecular weight is 216 g/mol. The van der Waals surface area contributed by atoms with E-state index in [-0.39, 0.29) is 5.92 Å². The third-order valence-electron chi connectivity index (χ3n) is 3.06. The van der Waals surface area contributed by atoms with Gasteiger partial charge in [0.25, 0.3) is 0 Å². The molecule has 0 nitrogen and oxygen atoms in total. The lowest BCUT2D eigenvalue weighted by atomic mass is 10.0. The lowest BCUT2D eigenvalue weighted by molar-refractivity contribution is 0.234. The first-order chi connectivity index (χ1) is 7.18. The van der Waals surface area contributed by atoms with Crippen LogP contribution in [0.2, 0.25) is 0 Å². The molecule has 0 heterocycles. The molecule has 0 bridgehead atoms. The van der Waals surface area contributed by atoms with Gasteiger partial charge in [0.2, 0.25) is 0 Å². The molecule has 0 rings (SSSR count). The zero-order valence-electron chi connectivity index (χ0n) is 10.9. The summed E-state index contributed by atoms with van der Waals surface area (Å²) < 4.78 is 13.2. The minimum absolute atomic E-state index is 0.203. The fourth-order valence-electron chi connectivity index (χ4n) is 1.81.